The van der Waals surface area contributed by atoms with Gasteiger partial charge in [-0.25, -0.2) is 0 Å². The van der Waals surface area contributed by atoms with Gasteiger partial charge in [0, 0.05) is 13.1 Å². The molecule has 0 aromatic heterocycles. The zero-order valence-corrected chi connectivity index (χ0v) is 11.4. The Kier molecular flexibility index (Phi) is 5.20. The van der Waals surface area contributed by atoms with E-state index in [1.54, 1.807) is 0 Å². The topological polar surface area (TPSA) is 58.4 Å². The summed E-state index contributed by atoms with van der Waals surface area (Å²) in [6.07, 6.45) is -2.42. The van der Waals surface area contributed by atoms with E-state index < -0.39 is 17.6 Å². The molecular formula is C12H22F3N3O. The number of hydrogen-bond acceptors (Lipinski definition) is 3. The average Bonchev–Trinajstić information content (AvgIpc) is 2.76. The molecule has 4 nitrogen and oxygen atoms in total. The van der Waals surface area contributed by atoms with Gasteiger partial charge in [-0.15, -0.1) is 0 Å². The first-order valence-electron chi connectivity index (χ1n) is 6.51. The Morgan fingerprint density at radius 2 is 1.89 bits per heavy atom. The Balaban J connectivity index is 2.37. The summed E-state index contributed by atoms with van der Waals surface area (Å²) in [5.74, 6) is -1.07. The van der Waals surface area contributed by atoms with Crippen molar-refractivity contribution in [1.29, 1.82) is 0 Å². The maximum atomic E-state index is 12.5. The summed E-state index contributed by atoms with van der Waals surface area (Å²) in [4.78, 5) is 13.7. The van der Waals surface area contributed by atoms with Gasteiger partial charge in [0.2, 0.25) is 5.91 Å². The Bertz CT molecular complexity index is 312. The second-order valence-electron chi connectivity index (χ2n) is 5.52. The number of likely N-dealkylation sites (tertiary alicyclic amines) is 1. The summed E-state index contributed by atoms with van der Waals surface area (Å²) in [7, 11) is 0. The van der Waals surface area contributed by atoms with Crippen LogP contribution in [0.4, 0.5) is 13.2 Å². The van der Waals surface area contributed by atoms with Crippen LogP contribution in [0.3, 0.4) is 0 Å². The van der Waals surface area contributed by atoms with Crippen LogP contribution in [-0.2, 0) is 4.79 Å². The van der Waals surface area contributed by atoms with Crippen molar-refractivity contribution in [1.82, 2.24) is 10.2 Å². The third-order valence-corrected chi connectivity index (χ3v) is 3.44. The smallest absolute Gasteiger partial charge is 0.354 e. The van der Waals surface area contributed by atoms with Crippen molar-refractivity contribution < 1.29 is 18.0 Å². The van der Waals surface area contributed by atoms with Gasteiger partial charge in [-0.1, -0.05) is 6.92 Å². The second kappa shape index (κ2) is 6.09. The van der Waals surface area contributed by atoms with E-state index in [-0.39, 0.29) is 12.5 Å². The fourth-order valence-electron chi connectivity index (χ4n) is 2.05. The molecule has 3 N–H and O–H groups in total. The molecule has 0 aromatic rings. The van der Waals surface area contributed by atoms with Crippen LogP contribution in [0, 0.1) is 5.92 Å². The number of nitrogens with two attached hydrogens (primary N) is 1. The minimum absolute atomic E-state index is 0.103. The number of hydrogen-bond donors (Lipinski definition) is 2. The Morgan fingerprint density at radius 3 is 2.37 bits per heavy atom. The van der Waals surface area contributed by atoms with Crippen LogP contribution in [0.25, 0.3) is 0 Å². The van der Waals surface area contributed by atoms with Crippen molar-refractivity contribution in [2.75, 3.05) is 26.2 Å². The number of carbonyl (C=O) groups excluding carboxylic acids is 1. The molecule has 1 amide bonds. The van der Waals surface area contributed by atoms with Crippen LogP contribution in [0.2, 0.25) is 0 Å². The highest BCUT2D eigenvalue weighted by Gasteiger charge is 2.53. The van der Waals surface area contributed by atoms with Crippen molar-refractivity contribution in [2.24, 2.45) is 11.7 Å². The number of alkyl halides is 3. The largest absolute Gasteiger partial charge is 0.415 e. The fourth-order valence-corrected chi connectivity index (χ4v) is 2.05. The Hall–Kier alpha value is -0.820. The molecule has 1 rings (SSSR count). The molecular weight excluding hydrogens is 259 g/mol. The van der Waals surface area contributed by atoms with Gasteiger partial charge in [-0.2, -0.15) is 13.2 Å². The third kappa shape index (κ3) is 4.35. The molecule has 0 spiro atoms. The molecule has 1 saturated heterocycles. The molecule has 0 aromatic carbocycles. The summed E-state index contributed by atoms with van der Waals surface area (Å²) >= 11 is 0. The molecule has 0 saturated carbocycles. The molecule has 2 atom stereocenters. The monoisotopic (exact) mass is 281 g/mol. The maximum absolute atomic E-state index is 12.5. The summed E-state index contributed by atoms with van der Waals surface area (Å²) in [5.41, 5.74) is 2.21. The van der Waals surface area contributed by atoms with Crippen molar-refractivity contribution in [2.45, 2.75) is 38.4 Å². The van der Waals surface area contributed by atoms with E-state index in [9.17, 15) is 18.0 Å². The number of nitrogens with zero attached hydrogens (tertiary/aromatic N) is 1. The number of halogens is 3. The molecule has 2 unspecified atom stereocenters. The molecule has 112 valence electrons. The molecule has 1 aliphatic heterocycles. The number of nitrogens with one attached hydrogen (secondary N) is 1. The van der Waals surface area contributed by atoms with E-state index >= 15 is 0 Å². The SMILES string of the molecule is CC(CNC(=O)C(C)(N)C(F)(F)F)CN1CCCC1. The standard InChI is InChI=1S/C12H22F3N3O/c1-9(8-18-5-3-4-6-18)7-17-10(19)11(2,16)12(13,14)15/h9H,3-8,16H2,1-2H3,(H,17,19). The van der Waals surface area contributed by atoms with E-state index in [0.29, 0.717) is 6.92 Å². The lowest BCUT2D eigenvalue weighted by molar-refractivity contribution is -0.187. The van der Waals surface area contributed by atoms with Crippen LogP contribution in [0.1, 0.15) is 26.7 Å². The highest BCUT2D eigenvalue weighted by Crippen LogP contribution is 2.27. The van der Waals surface area contributed by atoms with Crippen molar-refractivity contribution in [3.63, 3.8) is 0 Å². The summed E-state index contributed by atoms with van der Waals surface area (Å²) < 4.78 is 37.6. The molecule has 1 aliphatic rings. The number of carbonyl (C=O) groups is 1. The summed E-state index contributed by atoms with van der Waals surface area (Å²) in [6, 6.07) is 0. The summed E-state index contributed by atoms with van der Waals surface area (Å²) in [6.45, 7) is 5.63. The van der Waals surface area contributed by atoms with Crippen molar-refractivity contribution in [3.8, 4) is 0 Å². The second-order valence-corrected chi connectivity index (χ2v) is 5.52. The highest BCUT2D eigenvalue weighted by atomic mass is 19.4. The van der Waals surface area contributed by atoms with Crippen LogP contribution >= 0.6 is 0 Å². The van der Waals surface area contributed by atoms with Crippen LogP contribution in [0.5, 0.6) is 0 Å². The summed E-state index contributed by atoms with van der Waals surface area (Å²) in [5, 5.41) is 2.29. The first kappa shape index (κ1) is 16.2. The van der Waals surface area contributed by atoms with Gasteiger partial charge in [-0.05, 0) is 38.8 Å². The van der Waals surface area contributed by atoms with Crippen LogP contribution in [0.15, 0.2) is 0 Å². The normalized spacial score (nSPS) is 22.0. The predicted molar refractivity (Wildman–Crippen MR) is 66.5 cm³/mol. The van der Waals surface area contributed by atoms with E-state index in [4.69, 9.17) is 5.73 Å². The zero-order valence-electron chi connectivity index (χ0n) is 11.4. The quantitative estimate of drug-likeness (QED) is 0.794. The maximum Gasteiger partial charge on any atom is 0.415 e. The van der Waals surface area contributed by atoms with Gasteiger partial charge >= 0.3 is 6.18 Å². The average molecular weight is 281 g/mol. The lowest BCUT2D eigenvalue weighted by Crippen LogP contribution is -2.61. The van der Waals surface area contributed by atoms with Gasteiger partial charge in [0.25, 0.3) is 0 Å². The first-order valence-corrected chi connectivity index (χ1v) is 6.51. The number of rotatable bonds is 5. The lowest BCUT2D eigenvalue weighted by Gasteiger charge is -2.27. The third-order valence-electron chi connectivity index (χ3n) is 3.44. The zero-order chi connectivity index (χ0) is 14.7. The van der Waals surface area contributed by atoms with E-state index in [1.807, 2.05) is 6.92 Å². The number of amides is 1. The van der Waals surface area contributed by atoms with Gasteiger partial charge in [0.1, 0.15) is 0 Å². The van der Waals surface area contributed by atoms with E-state index in [1.165, 1.54) is 0 Å². The predicted octanol–water partition coefficient (Wildman–Crippen LogP) is 1.11. The Morgan fingerprint density at radius 1 is 1.37 bits per heavy atom. The molecule has 0 aliphatic carbocycles. The van der Waals surface area contributed by atoms with Crippen LogP contribution in [-0.4, -0.2) is 48.7 Å². The molecule has 19 heavy (non-hydrogen) atoms. The van der Waals surface area contributed by atoms with Crippen molar-refractivity contribution >= 4 is 5.91 Å². The van der Waals surface area contributed by atoms with Crippen LogP contribution < -0.4 is 11.1 Å². The Labute approximate surface area is 111 Å². The van der Waals surface area contributed by atoms with Crippen molar-refractivity contribution in [3.05, 3.63) is 0 Å². The molecule has 1 heterocycles. The van der Waals surface area contributed by atoms with Gasteiger partial charge in [0.15, 0.2) is 5.54 Å². The molecule has 1 fully saturated rings. The highest BCUT2D eigenvalue weighted by molar-refractivity contribution is 5.86. The minimum Gasteiger partial charge on any atom is -0.354 e. The first-order chi connectivity index (χ1) is 8.64. The molecule has 0 bridgehead atoms. The lowest BCUT2D eigenvalue weighted by atomic mass is 10.0. The minimum atomic E-state index is -4.74. The van der Waals surface area contributed by atoms with E-state index in [2.05, 4.69) is 10.2 Å². The van der Waals surface area contributed by atoms with E-state index in [0.717, 1.165) is 32.5 Å². The molecule has 7 heteroatoms. The fraction of sp³-hybridized carbons (Fsp3) is 0.917. The molecule has 0 radical (unpaired) electrons. The van der Waals surface area contributed by atoms with Gasteiger partial charge in [0.05, 0.1) is 0 Å². The van der Waals surface area contributed by atoms with Gasteiger partial charge in [-0.3, -0.25) is 4.79 Å². The van der Waals surface area contributed by atoms with Gasteiger partial charge < -0.3 is 16.0 Å².